The maximum atomic E-state index is 12.8. The predicted molar refractivity (Wildman–Crippen MR) is 105 cm³/mol. The van der Waals surface area contributed by atoms with Crippen LogP contribution in [-0.2, 0) is 19.6 Å². The minimum absolute atomic E-state index is 0.0264. The lowest BCUT2D eigenvalue weighted by Gasteiger charge is -2.24. The van der Waals surface area contributed by atoms with Crippen LogP contribution in [0.5, 0.6) is 0 Å². The fourth-order valence-electron chi connectivity index (χ4n) is 2.84. The lowest BCUT2D eigenvalue weighted by atomic mass is 10.0. The van der Waals surface area contributed by atoms with Crippen molar-refractivity contribution in [1.29, 1.82) is 0 Å². The lowest BCUT2D eigenvalue weighted by Crippen LogP contribution is -2.48. The molecule has 0 aliphatic carbocycles. The van der Waals surface area contributed by atoms with E-state index in [0.717, 1.165) is 0 Å². The van der Waals surface area contributed by atoms with Gasteiger partial charge in [-0.3, -0.25) is 4.79 Å². The second kappa shape index (κ2) is 8.70. The Morgan fingerprint density at radius 1 is 1.10 bits per heavy atom. The molecule has 0 aliphatic heterocycles. The molecule has 2 aromatic rings. The molecule has 0 radical (unpaired) electrons. The molecule has 1 aromatic carbocycles. The van der Waals surface area contributed by atoms with E-state index in [-0.39, 0.29) is 16.7 Å². The third kappa shape index (κ3) is 5.39. The lowest BCUT2D eigenvalue weighted by molar-refractivity contribution is -0.144. The Balaban J connectivity index is 2.29. The number of nitrogens with zero attached hydrogens (tertiary/aromatic N) is 3. The maximum absolute atomic E-state index is 12.8. The second-order valence-electron chi connectivity index (χ2n) is 7.41. The number of aromatic nitrogens is 3. The fraction of sp³-hybridized carbons (Fsp3) is 0.444. The number of carbonyl (C=O) groups is 2. The highest BCUT2D eigenvalue weighted by atomic mass is 32.2. The van der Waals surface area contributed by atoms with Crippen LogP contribution in [0.3, 0.4) is 0 Å². The Kier molecular flexibility index (Phi) is 6.75. The molecule has 11 heteroatoms. The summed E-state index contributed by atoms with van der Waals surface area (Å²) in [6.45, 7) is 7.06. The highest BCUT2D eigenvalue weighted by Gasteiger charge is 2.31. The van der Waals surface area contributed by atoms with E-state index in [2.05, 4.69) is 15.6 Å². The molecule has 0 fully saturated rings. The van der Waals surface area contributed by atoms with Crippen molar-refractivity contribution in [1.82, 2.24) is 20.3 Å². The number of carboxylic acid groups (broad SMARTS) is 1. The summed E-state index contributed by atoms with van der Waals surface area (Å²) in [7, 11) is -3.80. The largest absolute Gasteiger partial charge is 0.480 e. The van der Waals surface area contributed by atoms with Crippen LogP contribution in [0, 0.1) is 11.8 Å². The molecule has 1 unspecified atom stereocenters. The summed E-state index contributed by atoms with van der Waals surface area (Å²) in [5, 5.41) is 25.0. The standard InChI is InChI=1S/C18H25N5O5S/c1-10(2)15(18(25)26)20-17(24)16(11(3)4)23-9-14(21-22-23)12-5-7-13(8-6-12)29(19,27)28/h5-11,15-16H,1-4H3,(H,20,24)(H,25,26)(H2,19,27,28)/t15?,16-/m0/s1. The average Bonchev–Trinajstić information content (AvgIpc) is 3.07. The van der Waals surface area contributed by atoms with Gasteiger partial charge in [-0.15, -0.1) is 5.10 Å². The Morgan fingerprint density at radius 3 is 2.14 bits per heavy atom. The first-order valence-electron chi connectivity index (χ1n) is 9.00. The van der Waals surface area contributed by atoms with E-state index >= 15 is 0 Å². The van der Waals surface area contributed by atoms with Crippen molar-refractivity contribution in [2.75, 3.05) is 0 Å². The molecule has 0 spiro atoms. The van der Waals surface area contributed by atoms with Crippen molar-refractivity contribution < 1.29 is 23.1 Å². The highest BCUT2D eigenvalue weighted by molar-refractivity contribution is 7.89. The average molecular weight is 423 g/mol. The Hall–Kier alpha value is -2.79. The Labute approximate surface area is 169 Å². The number of primary sulfonamides is 1. The van der Waals surface area contributed by atoms with Gasteiger partial charge in [0.2, 0.25) is 15.9 Å². The van der Waals surface area contributed by atoms with Gasteiger partial charge in [0.05, 0.1) is 11.1 Å². The summed E-state index contributed by atoms with van der Waals surface area (Å²) >= 11 is 0. The molecule has 2 rings (SSSR count). The van der Waals surface area contributed by atoms with Crippen LogP contribution in [0.15, 0.2) is 35.4 Å². The van der Waals surface area contributed by atoms with Crippen LogP contribution in [0.25, 0.3) is 11.3 Å². The van der Waals surface area contributed by atoms with Crippen LogP contribution in [0.2, 0.25) is 0 Å². The summed E-state index contributed by atoms with van der Waals surface area (Å²) in [6.07, 6.45) is 1.56. The Morgan fingerprint density at radius 2 is 1.69 bits per heavy atom. The first kappa shape index (κ1) is 22.5. The van der Waals surface area contributed by atoms with Crippen LogP contribution in [-0.4, -0.2) is 46.4 Å². The molecule has 0 saturated heterocycles. The predicted octanol–water partition coefficient (Wildman–Crippen LogP) is 1.02. The van der Waals surface area contributed by atoms with Gasteiger partial charge >= 0.3 is 5.97 Å². The number of sulfonamides is 1. The number of benzene rings is 1. The minimum Gasteiger partial charge on any atom is -0.480 e. The zero-order valence-electron chi connectivity index (χ0n) is 16.6. The topological polar surface area (TPSA) is 157 Å². The van der Waals surface area contributed by atoms with E-state index in [1.54, 1.807) is 20.0 Å². The molecular formula is C18H25N5O5S. The van der Waals surface area contributed by atoms with Crippen LogP contribution in [0.1, 0.15) is 33.7 Å². The van der Waals surface area contributed by atoms with Gasteiger partial charge in [0.15, 0.2) is 0 Å². The van der Waals surface area contributed by atoms with Gasteiger partial charge < -0.3 is 10.4 Å². The maximum Gasteiger partial charge on any atom is 0.326 e. The minimum atomic E-state index is -3.80. The van der Waals surface area contributed by atoms with E-state index in [4.69, 9.17) is 5.14 Å². The van der Waals surface area contributed by atoms with Crippen LogP contribution < -0.4 is 10.5 Å². The summed E-state index contributed by atoms with van der Waals surface area (Å²) in [5.74, 6) is -2.05. The van der Waals surface area contributed by atoms with Crippen molar-refractivity contribution in [3.63, 3.8) is 0 Å². The molecule has 0 bridgehead atoms. The van der Waals surface area contributed by atoms with Crippen LogP contribution >= 0.6 is 0 Å². The molecular weight excluding hydrogens is 398 g/mol. The number of rotatable bonds is 8. The summed E-state index contributed by atoms with van der Waals surface area (Å²) < 4.78 is 24.1. The van der Waals surface area contributed by atoms with E-state index < -0.39 is 34.0 Å². The van der Waals surface area contributed by atoms with Gasteiger partial charge in [-0.25, -0.2) is 23.0 Å². The number of hydrogen-bond acceptors (Lipinski definition) is 6. The Bertz CT molecular complexity index is 982. The number of hydrogen-bond donors (Lipinski definition) is 3. The molecule has 4 N–H and O–H groups in total. The number of aliphatic carboxylic acids is 1. The quantitative estimate of drug-likeness (QED) is 0.572. The van der Waals surface area contributed by atoms with Gasteiger partial charge in [0, 0.05) is 5.56 Å². The molecule has 0 aliphatic rings. The van der Waals surface area contributed by atoms with Gasteiger partial charge in [-0.2, -0.15) is 0 Å². The highest BCUT2D eigenvalue weighted by Crippen LogP contribution is 2.23. The zero-order chi connectivity index (χ0) is 21.9. The smallest absolute Gasteiger partial charge is 0.326 e. The number of carboxylic acids is 1. The van der Waals surface area contributed by atoms with Crippen molar-refractivity contribution in [2.24, 2.45) is 17.0 Å². The first-order valence-corrected chi connectivity index (χ1v) is 10.5. The van der Waals surface area contributed by atoms with Gasteiger partial charge in [0.1, 0.15) is 17.8 Å². The third-order valence-corrected chi connectivity index (χ3v) is 5.33. The summed E-state index contributed by atoms with van der Waals surface area (Å²) in [4.78, 5) is 24.1. The van der Waals surface area contributed by atoms with Crippen LogP contribution in [0.4, 0.5) is 0 Å². The SMILES string of the molecule is CC(C)C(NC(=O)[C@H](C(C)C)n1cc(-c2ccc(S(N)(=O)=O)cc2)nn1)C(=O)O. The zero-order valence-corrected chi connectivity index (χ0v) is 17.4. The molecule has 158 valence electrons. The molecule has 1 heterocycles. The third-order valence-electron chi connectivity index (χ3n) is 4.40. The van der Waals surface area contributed by atoms with E-state index in [1.807, 2.05) is 13.8 Å². The summed E-state index contributed by atoms with van der Waals surface area (Å²) in [6, 6.07) is 4.01. The monoisotopic (exact) mass is 423 g/mol. The van der Waals surface area contributed by atoms with Gasteiger partial charge in [-0.05, 0) is 24.0 Å². The summed E-state index contributed by atoms with van der Waals surface area (Å²) in [5.41, 5.74) is 1.03. The van der Waals surface area contributed by atoms with Gasteiger partial charge in [0.25, 0.3) is 0 Å². The van der Waals surface area contributed by atoms with Crippen molar-refractivity contribution in [3.05, 3.63) is 30.5 Å². The number of carbonyl (C=O) groups excluding carboxylic acids is 1. The van der Waals surface area contributed by atoms with Crippen molar-refractivity contribution >= 4 is 21.9 Å². The normalized spacial score (nSPS) is 14.0. The van der Waals surface area contributed by atoms with E-state index in [0.29, 0.717) is 11.3 Å². The number of amides is 1. The number of nitrogens with one attached hydrogen (secondary N) is 1. The van der Waals surface area contributed by atoms with E-state index in [9.17, 15) is 23.1 Å². The van der Waals surface area contributed by atoms with Crippen molar-refractivity contribution in [3.8, 4) is 11.3 Å². The molecule has 0 saturated carbocycles. The molecule has 10 nitrogen and oxygen atoms in total. The van der Waals surface area contributed by atoms with E-state index in [1.165, 1.54) is 28.9 Å². The molecule has 1 amide bonds. The fourth-order valence-corrected chi connectivity index (χ4v) is 3.36. The molecule has 2 atom stereocenters. The van der Waals surface area contributed by atoms with Crippen molar-refractivity contribution in [2.45, 2.75) is 44.7 Å². The van der Waals surface area contributed by atoms with Gasteiger partial charge in [-0.1, -0.05) is 45.0 Å². The second-order valence-corrected chi connectivity index (χ2v) is 8.97. The molecule has 29 heavy (non-hydrogen) atoms. The first-order chi connectivity index (χ1) is 13.4. The molecule has 1 aromatic heterocycles. The number of nitrogens with two attached hydrogens (primary N) is 1.